The third kappa shape index (κ3) is 18.5. The standard InChI is InChI=1S/2C3H6O3.Ag/c2*1-2(4)3(5)6;/h2*2,4H,1H3,(H,5,6);/q;;+1/p-1. The van der Waals surface area contributed by atoms with Gasteiger partial charge in [0.25, 0.3) is 0 Å². The molecule has 0 saturated carbocycles. The quantitative estimate of drug-likeness (QED) is 0.486. The molecular weight excluding hydrogens is 276 g/mol. The van der Waals surface area contributed by atoms with Crippen LogP contribution in [0.4, 0.5) is 0 Å². The number of carboxylic acids is 2. The molecule has 0 amide bonds. The number of rotatable bonds is 2. The van der Waals surface area contributed by atoms with Crippen LogP contribution in [0.5, 0.6) is 0 Å². The van der Waals surface area contributed by atoms with Gasteiger partial charge in [0.1, 0.15) is 6.10 Å². The van der Waals surface area contributed by atoms with Crippen LogP contribution in [0.3, 0.4) is 0 Å². The van der Waals surface area contributed by atoms with Crippen LogP contribution in [0, 0.1) is 0 Å². The van der Waals surface area contributed by atoms with E-state index in [1.54, 1.807) is 0 Å². The Morgan fingerprint density at radius 3 is 1.31 bits per heavy atom. The fraction of sp³-hybridized carbons (Fsp3) is 0.667. The van der Waals surface area contributed by atoms with E-state index in [0.717, 1.165) is 6.92 Å². The zero-order valence-corrected chi connectivity index (χ0v) is 8.50. The first kappa shape index (κ1) is 18.4. The summed E-state index contributed by atoms with van der Waals surface area (Å²) in [6.07, 6.45) is -2.57. The molecule has 0 radical (unpaired) electrons. The summed E-state index contributed by atoms with van der Waals surface area (Å²) in [5.41, 5.74) is 0. The second-order valence-corrected chi connectivity index (χ2v) is 2.01. The van der Waals surface area contributed by atoms with E-state index in [4.69, 9.17) is 15.3 Å². The number of aliphatic hydroxyl groups excluding tert-OH is 2. The number of carbonyl (C=O) groups excluding carboxylic acids is 1. The molecule has 0 bridgehead atoms. The Balaban J connectivity index is -0.000000143. The molecule has 0 fully saturated rings. The number of hydrogen-bond donors (Lipinski definition) is 3. The summed E-state index contributed by atoms with van der Waals surface area (Å²) in [4.78, 5) is 18.8. The van der Waals surface area contributed by atoms with Crippen molar-refractivity contribution in [2.45, 2.75) is 26.1 Å². The molecule has 0 aliphatic rings. The Labute approximate surface area is 90.7 Å². The van der Waals surface area contributed by atoms with Crippen LogP contribution < -0.4 is 5.11 Å². The van der Waals surface area contributed by atoms with Gasteiger partial charge in [-0.25, -0.2) is 4.79 Å². The molecule has 0 aromatic heterocycles. The summed E-state index contributed by atoms with van der Waals surface area (Å²) in [5.74, 6) is -2.62. The Hall–Kier alpha value is -0.400. The number of carbonyl (C=O) groups is 2. The molecule has 0 aromatic carbocycles. The van der Waals surface area contributed by atoms with Crippen LogP contribution in [0.2, 0.25) is 0 Å². The van der Waals surface area contributed by atoms with E-state index in [2.05, 4.69) is 0 Å². The zero-order chi connectivity index (χ0) is 10.3. The van der Waals surface area contributed by atoms with Gasteiger partial charge in [-0.15, -0.1) is 0 Å². The van der Waals surface area contributed by atoms with Crippen LogP contribution >= 0.6 is 0 Å². The van der Waals surface area contributed by atoms with Crippen molar-refractivity contribution in [1.29, 1.82) is 0 Å². The van der Waals surface area contributed by atoms with Gasteiger partial charge < -0.3 is 25.2 Å². The summed E-state index contributed by atoms with van der Waals surface area (Å²) < 4.78 is 0. The average molecular weight is 287 g/mol. The molecule has 0 aromatic rings. The number of carboxylic acid groups (broad SMARTS) is 2. The molecule has 0 rings (SSSR count). The molecule has 2 unspecified atom stereocenters. The molecule has 0 saturated heterocycles. The summed E-state index contributed by atoms with van der Waals surface area (Å²) in [6, 6.07) is 0. The maximum atomic E-state index is 9.45. The van der Waals surface area contributed by atoms with Crippen LogP contribution in [0.1, 0.15) is 13.8 Å². The first-order valence-electron chi connectivity index (χ1n) is 3.08. The minimum Gasteiger partial charge on any atom is -0.547 e. The Morgan fingerprint density at radius 1 is 1.15 bits per heavy atom. The van der Waals surface area contributed by atoms with Gasteiger partial charge in [0.15, 0.2) is 0 Å². The van der Waals surface area contributed by atoms with Gasteiger partial charge in [0.2, 0.25) is 0 Å². The fourth-order valence-corrected chi connectivity index (χ4v) is 0. The predicted molar refractivity (Wildman–Crippen MR) is 36.0 cm³/mol. The number of aliphatic hydroxyl groups is 2. The SMILES string of the molecule is CC(O)C(=O)O.CC(O)C(=O)[O-].[Ag+]. The van der Waals surface area contributed by atoms with Crippen molar-refractivity contribution >= 4 is 11.9 Å². The maximum absolute atomic E-state index is 9.45. The van der Waals surface area contributed by atoms with Gasteiger partial charge >= 0.3 is 28.3 Å². The Kier molecular flexibility index (Phi) is 13.7. The maximum Gasteiger partial charge on any atom is 1.00 e. The molecular formula is C6H11AgO6. The van der Waals surface area contributed by atoms with E-state index in [0.29, 0.717) is 0 Å². The minimum absolute atomic E-state index is 0. The molecule has 0 aliphatic heterocycles. The second-order valence-electron chi connectivity index (χ2n) is 2.01. The van der Waals surface area contributed by atoms with Gasteiger partial charge in [-0.3, -0.25) is 0 Å². The molecule has 13 heavy (non-hydrogen) atoms. The van der Waals surface area contributed by atoms with Gasteiger partial charge in [-0.2, -0.15) is 0 Å². The smallest absolute Gasteiger partial charge is 0.547 e. The predicted octanol–water partition coefficient (Wildman–Crippen LogP) is -2.43. The van der Waals surface area contributed by atoms with Crippen LogP contribution in [0.25, 0.3) is 0 Å². The monoisotopic (exact) mass is 286 g/mol. The third-order valence-corrected chi connectivity index (χ3v) is 0.699. The summed E-state index contributed by atoms with van der Waals surface area (Å²) in [7, 11) is 0. The van der Waals surface area contributed by atoms with Gasteiger partial charge in [0.05, 0.1) is 12.1 Å². The molecule has 6 nitrogen and oxygen atoms in total. The van der Waals surface area contributed by atoms with Crippen molar-refractivity contribution in [3.63, 3.8) is 0 Å². The summed E-state index contributed by atoms with van der Waals surface area (Å²) in [6.45, 7) is 2.33. The fourth-order valence-electron chi connectivity index (χ4n) is 0. The molecule has 3 N–H and O–H groups in total. The second kappa shape index (κ2) is 9.69. The summed E-state index contributed by atoms with van der Waals surface area (Å²) >= 11 is 0. The van der Waals surface area contributed by atoms with Gasteiger partial charge in [-0.05, 0) is 13.8 Å². The van der Waals surface area contributed by atoms with Crippen molar-refractivity contribution in [2.24, 2.45) is 0 Å². The van der Waals surface area contributed by atoms with E-state index in [1.165, 1.54) is 6.92 Å². The number of hydrogen-bond acceptors (Lipinski definition) is 5. The Morgan fingerprint density at radius 2 is 1.31 bits per heavy atom. The zero-order valence-electron chi connectivity index (χ0n) is 7.02. The van der Waals surface area contributed by atoms with E-state index in [-0.39, 0.29) is 22.4 Å². The first-order chi connectivity index (χ1) is 5.29. The Bertz CT molecular complexity index is 137. The topological polar surface area (TPSA) is 118 Å². The normalized spacial score (nSPS) is 12.6. The molecule has 0 spiro atoms. The van der Waals surface area contributed by atoms with Gasteiger partial charge in [0, 0.05) is 0 Å². The van der Waals surface area contributed by atoms with Crippen molar-refractivity contribution < 1.29 is 52.4 Å². The largest absolute Gasteiger partial charge is 1.00 e. The molecule has 0 heterocycles. The summed E-state index contributed by atoms with van der Waals surface area (Å²) in [5, 5.41) is 33.1. The molecule has 7 heteroatoms. The van der Waals surface area contributed by atoms with Crippen LogP contribution in [0.15, 0.2) is 0 Å². The molecule has 2 atom stereocenters. The van der Waals surface area contributed by atoms with E-state index in [9.17, 15) is 14.7 Å². The van der Waals surface area contributed by atoms with Crippen molar-refractivity contribution in [2.75, 3.05) is 0 Å². The van der Waals surface area contributed by atoms with Crippen LogP contribution in [-0.2, 0) is 32.0 Å². The van der Waals surface area contributed by atoms with Crippen molar-refractivity contribution in [1.82, 2.24) is 0 Å². The van der Waals surface area contributed by atoms with E-state index < -0.39 is 24.1 Å². The minimum atomic E-state index is -1.44. The molecule has 0 aliphatic carbocycles. The van der Waals surface area contributed by atoms with Gasteiger partial charge in [-0.1, -0.05) is 0 Å². The molecule has 82 valence electrons. The third-order valence-electron chi connectivity index (χ3n) is 0.699. The van der Waals surface area contributed by atoms with Crippen molar-refractivity contribution in [3.05, 3.63) is 0 Å². The van der Waals surface area contributed by atoms with E-state index >= 15 is 0 Å². The first-order valence-corrected chi connectivity index (χ1v) is 3.08. The van der Waals surface area contributed by atoms with E-state index in [1.807, 2.05) is 0 Å². The number of aliphatic carboxylic acids is 2. The van der Waals surface area contributed by atoms with Crippen LogP contribution in [-0.4, -0.2) is 39.5 Å². The average Bonchev–Trinajstić information content (AvgIpc) is 1.88. The van der Waals surface area contributed by atoms with Crippen molar-refractivity contribution in [3.8, 4) is 0 Å².